The van der Waals surface area contributed by atoms with E-state index in [4.69, 9.17) is 9.47 Å². The largest absolute Gasteiger partial charge is 0.490 e. The molecule has 2 aromatic rings. The van der Waals surface area contributed by atoms with E-state index in [0.29, 0.717) is 23.7 Å². The van der Waals surface area contributed by atoms with Gasteiger partial charge in [0.25, 0.3) is 0 Å². The highest BCUT2D eigenvalue weighted by atomic mass is 19.4. The molecule has 0 saturated heterocycles. The molecule has 0 spiro atoms. The number of anilines is 1. The van der Waals surface area contributed by atoms with E-state index in [0.717, 1.165) is 18.2 Å². The fourth-order valence-corrected chi connectivity index (χ4v) is 2.57. The number of nitrogens with zero attached hydrogens (tertiary/aromatic N) is 1. The molecule has 0 bridgehead atoms. The molecular formula is C22H24F3N3O4. The van der Waals surface area contributed by atoms with E-state index in [-0.39, 0.29) is 11.8 Å². The van der Waals surface area contributed by atoms with Crippen LogP contribution in [0.4, 0.5) is 18.9 Å². The zero-order valence-electron chi connectivity index (χ0n) is 17.8. The van der Waals surface area contributed by atoms with Crippen molar-refractivity contribution in [1.29, 1.82) is 0 Å². The molecule has 7 nitrogen and oxygen atoms in total. The van der Waals surface area contributed by atoms with E-state index in [1.54, 1.807) is 18.2 Å². The number of ether oxygens (including phenoxy) is 2. The summed E-state index contributed by atoms with van der Waals surface area (Å²) >= 11 is 0. The van der Waals surface area contributed by atoms with E-state index in [2.05, 4.69) is 15.8 Å². The first-order chi connectivity index (χ1) is 15.1. The predicted molar refractivity (Wildman–Crippen MR) is 114 cm³/mol. The van der Waals surface area contributed by atoms with E-state index >= 15 is 0 Å². The third-order valence-corrected chi connectivity index (χ3v) is 3.83. The Kier molecular flexibility index (Phi) is 8.62. The summed E-state index contributed by atoms with van der Waals surface area (Å²) in [5.74, 6) is -0.396. The maximum Gasteiger partial charge on any atom is 0.416 e. The third kappa shape index (κ3) is 7.93. The van der Waals surface area contributed by atoms with Crippen LogP contribution in [0.15, 0.2) is 47.6 Å². The molecule has 0 aromatic heterocycles. The molecule has 10 heteroatoms. The van der Waals surface area contributed by atoms with Crippen molar-refractivity contribution in [1.82, 2.24) is 5.43 Å². The number of hydrogen-bond donors (Lipinski definition) is 2. The number of benzene rings is 2. The highest BCUT2D eigenvalue weighted by Crippen LogP contribution is 2.31. The van der Waals surface area contributed by atoms with Crippen molar-refractivity contribution in [2.75, 3.05) is 11.9 Å². The lowest BCUT2D eigenvalue weighted by atomic mass is 10.2. The van der Waals surface area contributed by atoms with Crippen LogP contribution >= 0.6 is 0 Å². The molecule has 172 valence electrons. The summed E-state index contributed by atoms with van der Waals surface area (Å²) in [6.45, 7) is 6.06. The van der Waals surface area contributed by atoms with Crippen LogP contribution < -0.4 is 20.2 Å². The fourth-order valence-electron chi connectivity index (χ4n) is 2.57. The van der Waals surface area contributed by atoms with Crippen molar-refractivity contribution >= 4 is 23.7 Å². The van der Waals surface area contributed by atoms with Gasteiger partial charge >= 0.3 is 6.18 Å². The second-order valence-electron chi connectivity index (χ2n) is 6.90. The minimum atomic E-state index is -4.53. The molecule has 0 aliphatic carbocycles. The monoisotopic (exact) mass is 451 g/mol. The smallest absolute Gasteiger partial charge is 0.416 e. The van der Waals surface area contributed by atoms with Crippen molar-refractivity contribution in [3.05, 3.63) is 53.6 Å². The van der Waals surface area contributed by atoms with Gasteiger partial charge in [0.1, 0.15) is 6.42 Å². The normalized spacial score (nSPS) is 11.5. The van der Waals surface area contributed by atoms with E-state index in [1.165, 1.54) is 12.3 Å². The van der Waals surface area contributed by atoms with Gasteiger partial charge < -0.3 is 14.8 Å². The highest BCUT2D eigenvalue weighted by Gasteiger charge is 2.30. The van der Waals surface area contributed by atoms with E-state index < -0.39 is 30.0 Å². The molecule has 2 N–H and O–H groups in total. The molecule has 2 amide bonds. The SMILES string of the molecule is CCOc1cc(C=NNC(=O)CC(=O)Nc2cccc(C(F)(F)F)c2)ccc1OC(C)C. The highest BCUT2D eigenvalue weighted by molar-refractivity contribution is 6.03. The summed E-state index contributed by atoms with van der Waals surface area (Å²) in [7, 11) is 0. The van der Waals surface area contributed by atoms with Crippen molar-refractivity contribution in [2.45, 2.75) is 39.5 Å². The topological polar surface area (TPSA) is 89.0 Å². The van der Waals surface area contributed by atoms with Crippen LogP contribution in [-0.2, 0) is 15.8 Å². The van der Waals surface area contributed by atoms with Crippen LogP contribution in [0.25, 0.3) is 0 Å². The number of hydrogen-bond acceptors (Lipinski definition) is 5. The molecule has 0 atom stereocenters. The molecule has 0 aliphatic heterocycles. The second kappa shape index (κ2) is 11.2. The van der Waals surface area contributed by atoms with Crippen LogP contribution in [0.5, 0.6) is 11.5 Å². The van der Waals surface area contributed by atoms with Gasteiger partial charge in [-0.15, -0.1) is 0 Å². The van der Waals surface area contributed by atoms with Gasteiger partial charge in [0, 0.05) is 5.69 Å². The molecule has 0 aliphatic rings. The number of alkyl halides is 3. The lowest BCUT2D eigenvalue weighted by Crippen LogP contribution is -2.24. The molecule has 0 heterocycles. The number of hydrazone groups is 1. The molecule has 0 unspecified atom stereocenters. The summed E-state index contributed by atoms with van der Waals surface area (Å²) in [6, 6.07) is 9.26. The van der Waals surface area contributed by atoms with Gasteiger partial charge in [-0.05, 0) is 62.7 Å². The first kappa shape index (κ1) is 24.7. The first-order valence-electron chi connectivity index (χ1n) is 9.81. The van der Waals surface area contributed by atoms with Gasteiger partial charge in [-0.3, -0.25) is 9.59 Å². The molecule has 0 saturated carbocycles. The summed E-state index contributed by atoms with van der Waals surface area (Å²) in [4.78, 5) is 23.8. The molecule has 0 fully saturated rings. The van der Waals surface area contributed by atoms with Gasteiger partial charge in [0.05, 0.1) is 24.5 Å². The fraction of sp³-hybridized carbons (Fsp3) is 0.318. The Balaban J connectivity index is 1.92. The average molecular weight is 451 g/mol. The second-order valence-corrected chi connectivity index (χ2v) is 6.90. The lowest BCUT2D eigenvalue weighted by Gasteiger charge is -2.14. The summed E-state index contributed by atoms with van der Waals surface area (Å²) in [5, 5.41) is 6.04. The minimum Gasteiger partial charge on any atom is -0.490 e. The third-order valence-electron chi connectivity index (χ3n) is 3.83. The maximum absolute atomic E-state index is 12.7. The molecular weight excluding hydrogens is 427 g/mol. The summed E-state index contributed by atoms with van der Waals surface area (Å²) < 4.78 is 49.4. The number of carbonyl (C=O) groups excluding carboxylic acids is 2. The van der Waals surface area contributed by atoms with Crippen molar-refractivity contribution in [3.63, 3.8) is 0 Å². The standard InChI is InChI=1S/C22H24F3N3O4/c1-4-31-19-10-15(8-9-18(19)32-14(2)3)13-26-28-21(30)12-20(29)27-17-7-5-6-16(11-17)22(23,24)25/h5-11,13-14H,4,12H2,1-3H3,(H,27,29)(H,28,30). The summed E-state index contributed by atoms with van der Waals surface area (Å²) in [6.07, 6.45) is -3.81. The Morgan fingerprint density at radius 1 is 1.09 bits per heavy atom. The Morgan fingerprint density at radius 3 is 2.50 bits per heavy atom. The minimum absolute atomic E-state index is 0.0323. The Bertz CT molecular complexity index is 975. The maximum atomic E-state index is 12.7. The average Bonchev–Trinajstić information content (AvgIpc) is 2.69. The van der Waals surface area contributed by atoms with Crippen molar-refractivity contribution in [3.8, 4) is 11.5 Å². The zero-order valence-corrected chi connectivity index (χ0v) is 17.8. The van der Waals surface area contributed by atoms with Gasteiger partial charge in [0.2, 0.25) is 11.8 Å². The van der Waals surface area contributed by atoms with Crippen molar-refractivity contribution in [2.24, 2.45) is 5.10 Å². The number of carbonyl (C=O) groups is 2. The molecule has 32 heavy (non-hydrogen) atoms. The Hall–Kier alpha value is -3.56. The Labute approximate surface area is 183 Å². The van der Waals surface area contributed by atoms with Gasteiger partial charge in [-0.25, -0.2) is 5.43 Å². The first-order valence-corrected chi connectivity index (χ1v) is 9.81. The van der Waals surface area contributed by atoms with E-state index in [9.17, 15) is 22.8 Å². The number of halogens is 3. The zero-order chi connectivity index (χ0) is 23.7. The molecule has 2 rings (SSSR count). The van der Waals surface area contributed by atoms with Crippen LogP contribution in [-0.4, -0.2) is 30.7 Å². The molecule has 2 aromatic carbocycles. The predicted octanol–water partition coefficient (Wildman–Crippen LogP) is 4.37. The Morgan fingerprint density at radius 2 is 1.84 bits per heavy atom. The van der Waals surface area contributed by atoms with E-state index in [1.807, 2.05) is 20.8 Å². The van der Waals surface area contributed by atoms with Crippen LogP contribution in [0.1, 0.15) is 38.3 Å². The van der Waals surface area contributed by atoms with Gasteiger partial charge in [0.15, 0.2) is 11.5 Å². The van der Waals surface area contributed by atoms with Crippen LogP contribution in [0.3, 0.4) is 0 Å². The van der Waals surface area contributed by atoms with Gasteiger partial charge in [-0.2, -0.15) is 18.3 Å². The number of nitrogens with one attached hydrogen (secondary N) is 2. The van der Waals surface area contributed by atoms with Gasteiger partial charge in [-0.1, -0.05) is 6.07 Å². The summed E-state index contributed by atoms with van der Waals surface area (Å²) in [5.41, 5.74) is 1.86. The quantitative estimate of drug-likeness (QED) is 0.337. The van der Waals surface area contributed by atoms with Crippen LogP contribution in [0.2, 0.25) is 0 Å². The molecule has 0 radical (unpaired) electrons. The van der Waals surface area contributed by atoms with Crippen molar-refractivity contribution < 1.29 is 32.2 Å². The van der Waals surface area contributed by atoms with Crippen LogP contribution in [0, 0.1) is 0 Å². The lowest BCUT2D eigenvalue weighted by molar-refractivity contribution is -0.137. The number of rotatable bonds is 9. The number of amides is 2.